The van der Waals surface area contributed by atoms with Crippen LogP contribution in [0.25, 0.3) is 66.1 Å². The van der Waals surface area contributed by atoms with Crippen molar-refractivity contribution in [3.63, 3.8) is 0 Å². The molecule has 0 fully saturated rings. The van der Waals surface area contributed by atoms with Gasteiger partial charge in [-0.2, -0.15) is 0 Å². The summed E-state index contributed by atoms with van der Waals surface area (Å²) in [5.41, 5.74) is 12.7. The average molecular weight is 527 g/mol. The zero-order valence-corrected chi connectivity index (χ0v) is 22.4. The van der Waals surface area contributed by atoms with Crippen molar-refractivity contribution in [1.29, 1.82) is 0 Å². The molecule has 2 aromatic heterocycles. The molecule has 0 bridgehead atoms. The van der Waals surface area contributed by atoms with Gasteiger partial charge in [-0.25, -0.2) is 0 Å². The predicted octanol–water partition coefficient (Wildman–Crippen LogP) is 10.9. The molecule has 0 aliphatic heterocycles. The Labute approximate surface area is 237 Å². The van der Waals surface area contributed by atoms with Crippen molar-refractivity contribution in [3.8, 4) is 22.3 Å². The maximum Gasteiger partial charge on any atom is 0.143 e. The van der Waals surface area contributed by atoms with E-state index in [0.29, 0.717) is 0 Å². The minimum absolute atomic E-state index is 0.241. The van der Waals surface area contributed by atoms with Gasteiger partial charge < -0.3 is 8.83 Å². The van der Waals surface area contributed by atoms with E-state index in [4.69, 9.17) is 8.83 Å². The summed E-state index contributed by atoms with van der Waals surface area (Å²) in [7, 11) is 0. The smallest absolute Gasteiger partial charge is 0.143 e. The Morgan fingerprint density at radius 2 is 1.07 bits per heavy atom. The third-order valence-corrected chi connectivity index (χ3v) is 8.97. The first kappa shape index (κ1) is 22.7. The van der Waals surface area contributed by atoms with Gasteiger partial charge in [0.2, 0.25) is 0 Å². The number of aryl methyl sites for hydroxylation is 1. The first-order valence-electron chi connectivity index (χ1n) is 14.4. The molecule has 0 saturated heterocycles. The Bertz CT molecular complexity index is 2280. The van der Waals surface area contributed by atoms with Crippen LogP contribution in [0.2, 0.25) is 0 Å². The van der Waals surface area contributed by atoms with E-state index in [1.807, 2.05) is 12.1 Å². The number of rotatable bonds is 2. The molecule has 0 saturated carbocycles. The van der Waals surface area contributed by atoms with Gasteiger partial charge in [0.1, 0.15) is 22.3 Å². The molecule has 6 aromatic carbocycles. The van der Waals surface area contributed by atoms with Crippen LogP contribution in [-0.2, 0) is 6.42 Å². The molecule has 0 amide bonds. The van der Waals surface area contributed by atoms with E-state index >= 15 is 0 Å². The first-order valence-corrected chi connectivity index (χ1v) is 14.4. The molecule has 1 unspecified atom stereocenters. The Kier molecular flexibility index (Phi) is 4.82. The summed E-state index contributed by atoms with van der Waals surface area (Å²) in [6.45, 7) is 0. The van der Waals surface area contributed by atoms with Gasteiger partial charge in [-0.1, -0.05) is 115 Å². The molecule has 194 valence electrons. The van der Waals surface area contributed by atoms with Crippen LogP contribution in [0, 0.1) is 0 Å². The summed E-state index contributed by atoms with van der Waals surface area (Å²) >= 11 is 0. The number of hydrogen-bond acceptors (Lipinski definition) is 2. The molecule has 2 heteroatoms. The topological polar surface area (TPSA) is 26.3 Å². The normalized spacial score (nSPS) is 14.9. The van der Waals surface area contributed by atoms with Crippen molar-refractivity contribution >= 4 is 43.9 Å². The molecule has 0 radical (unpaired) electrons. The van der Waals surface area contributed by atoms with E-state index in [2.05, 4.69) is 115 Å². The minimum Gasteiger partial charge on any atom is -0.456 e. The summed E-state index contributed by atoms with van der Waals surface area (Å²) in [5, 5.41) is 4.57. The van der Waals surface area contributed by atoms with Crippen LogP contribution in [0.4, 0.5) is 0 Å². The molecule has 2 heterocycles. The Balaban J connectivity index is 1.28. The molecule has 0 spiro atoms. The van der Waals surface area contributed by atoms with Crippen molar-refractivity contribution < 1.29 is 8.83 Å². The van der Waals surface area contributed by atoms with Crippen LogP contribution in [0.1, 0.15) is 29.0 Å². The average Bonchev–Trinajstić information content (AvgIpc) is 3.56. The van der Waals surface area contributed by atoms with Crippen LogP contribution in [0.5, 0.6) is 0 Å². The lowest BCUT2D eigenvalue weighted by Gasteiger charge is -2.18. The zero-order valence-electron chi connectivity index (χ0n) is 22.4. The third kappa shape index (κ3) is 3.31. The quantitative estimate of drug-likeness (QED) is 0.224. The maximum absolute atomic E-state index is 6.77. The van der Waals surface area contributed by atoms with Crippen LogP contribution in [-0.4, -0.2) is 0 Å². The molecular formula is C39H26O2. The number of para-hydroxylation sites is 3. The molecule has 0 N–H and O–H groups in total. The van der Waals surface area contributed by atoms with Gasteiger partial charge in [-0.3, -0.25) is 0 Å². The third-order valence-electron chi connectivity index (χ3n) is 8.97. The lowest BCUT2D eigenvalue weighted by atomic mass is 9.85. The van der Waals surface area contributed by atoms with E-state index in [9.17, 15) is 0 Å². The second-order valence-electron chi connectivity index (χ2n) is 11.1. The summed E-state index contributed by atoms with van der Waals surface area (Å²) < 4.78 is 13.2. The van der Waals surface area contributed by atoms with Gasteiger partial charge >= 0.3 is 0 Å². The number of benzene rings is 6. The fourth-order valence-corrected chi connectivity index (χ4v) is 7.15. The Morgan fingerprint density at radius 3 is 2.05 bits per heavy atom. The van der Waals surface area contributed by atoms with E-state index in [1.54, 1.807) is 0 Å². The summed E-state index contributed by atoms with van der Waals surface area (Å²) in [6, 6.07) is 45.6. The van der Waals surface area contributed by atoms with E-state index < -0.39 is 0 Å². The van der Waals surface area contributed by atoms with E-state index in [-0.39, 0.29) is 5.92 Å². The highest BCUT2D eigenvalue weighted by atomic mass is 16.3. The summed E-state index contributed by atoms with van der Waals surface area (Å²) in [6.07, 6.45) is 2.07. The number of furan rings is 2. The minimum atomic E-state index is 0.241. The zero-order chi connectivity index (χ0) is 26.9. The highest BCUT2D eigenvalue weighted by Gasteiger charge is 2.27. The van der Waals surface area contributed by atoms with Crippen LogP contribution in [0.3, 0.4) is 0 Å². The second kappa shape index (κ2) is 8.71. The van der Waals surface area contributed by atoms with Crippen molar-refractivity contribution in [2.45, 2.75) is 18.8 Å². The molecule has 9 rings (SSSR count). The standard InChI is InChI=1S/C39H26O2/c1-2-11-25-24(10-1)22-23-28(27-13-4-3-12-26(25)27)31-16-8-19-34-37-30(15-9-21-36(37)41-39(31)34)33-18-7-17-32-29-14-5-6-20-35(29)40-38(32)33/h1-21,28H,22-23H2. The van der Waals surface area contributed by atoms with Crippen molar-refractivity contribution in [2.24, 2.45) is 0 Å². The van der Waals surface area contributed by atoms with Gasteiger partial charge in [0.25, 0.3) is 0 Å². The van der Waals surface area contributed by atoms with Gasteiger partial charge in [-0.15, -0.1) is 0 Å². The lowest BCUT2D eigenvalue weighted by molar-refractivity contribution is 0.647. The molecule has 2 nitrogen and oxygen atoms in total. The fourth-order valence-electron chi connectivity index (χ4n) is 7.15. The summed E-state index contributed by atoms with van der Waals surface area (Å²) in [4.78, 5) is 0. The lowest BCUT2D eigenvalue weighted by Crippen LogP contribution is -2.02. The van der Waals surface area contributed by atoms with Crippen molar-refractivity contribution in [1.82, 2.24) is 0 Å². The molecular weight excluding hydrogens is 500 g/mol. The van der Waals surface area contributed by atoms with Crippen molar-refractivity contribution in [3.05, 3.63) is 144 Å². The molecule has 1 aliphatic carbocycles. The predicted molar refractivity (Wildman–Crippen MR) is 168 cm³/mol. The molecule has 41 heavy (non-hydrogen) atoms. The SMILES string of the molecule is c1ccc2c(c1)CCC(c1cccc3c1oc1cccc(-c4cccc5c4oc4ccccc45)c13)c1ccccc1-2. The Hall–Kier alpha value is -5.08. The monoisotopic (exact) mass is 526 g/mol. The van der Waals surface area contributed by atoms with E-state index in [0.717, 1.165) is 67.8 Å². The van der Waals surface area contributed by atoms with E-state index in [1.165, 1.54) is 27.8 Å². The molecule has 1 aliphatic rings. The van der Waals surface area contributed by atoms with Crippen molar-refractivity contribution in [2.75, 3.05) is 0 Å². The summed E-state index contributed by atoms with van der Waals surface area (Å²) in [5.74, 6) is 0.241. The Morgan fingerprint density at radius 1 is 0.439 bits per heavy atom. The second-order valence-corrected chi connectivity index (χ2v) is 11.1. The van der Waals surface area contributed by atoms with Gasteiger partial charge in [0, 0.05) is 38.6 Å². The van der Waals surface area contributed by atoms with Crippen LogP contribution in [0.15, 0.2) is 136 Å². The van der Waals surface area contributed by atoms with Gasteiger partial charge in [0.05, 0.1) is 0 Å². The van der Waals surface area contributed by atoms with Crippen LogP contribution >= 0.6 is 0 Å². The van der Waals surface area contributed by atoms with Gasteiger partial charge in [-0.05, 0) is 52.8 Å². The number of fused-ring (bicyclic) bond motifs is 9. The van der Waals surface area contributed by atoms with Crippen LogP contribution < -0.4 is 0 Å². The molecule has 8 aromatic rings. The first-order chi connectivity index (χ1) is 20.3. The fraction of sp³-hybridized carbons (Fsp3) is 0.0769. The van der Waals surface area contributed by atoms with Gasteiger partial charge in [0.15, 0.2) is 0 Å². The largest absolute Gasteiger partial charge is 0.456 e. The highest BCUT2D eigenvalue weighted by Crippen LogP contribution is 2.46. The highest BCUT2D eigenvalue weighted by molar-refractivity contribution is 6.17. The maximum atomic E-state index is 6.77. The molecule has 1 atom stereocenters. The number of hydrogen-bond donors (Lipinski definition) is 0.